The molecule has 0 aromatic carbocycles. The molecular weight excluding hydrogens is 368 g/mol. The number of nitrogens with zero attached hydrogens (tertiary/aromatic N) is 2. The molecule has 0 bridgehead atoms. The van der Waals surface area contributed by atoms with Crippen molar-refractivity contribution in [3.05, 3.63) is 47.4 Å². The van der Waals surface area contributed by atoms with E-state index in [-0.39, 0.29) is 0 Å². The topological polar surface area (TPSA) is 44.0 Å². The summed E-state index contributed by atoms with van der Waals surface area (Å²) in [7, 11) is 0. The maximum atomic E-state index is 6.77. The average Bonchev–Trinajstić information content (AvgIpc) is 3.19. The number of hydrogen-bond donors (Lipinski definition) is 2. The highest BCUT2D eigenvalue weighted by atomic mass is 35.5. The molecule has 5 heteroatoms. The van der Waals surface area contributed by atoms with Gasteiger partial charge in [0.15, 0.2) is 0 Å². The molecule has 0 radical (unpaired) electrons. The Hall–Kier alpha value is -1.78. The minimum Gasteiger partial charge on any atom is -0.356 e. The number of nitrogens with one attached hydrogen (secondary N) is 2. The van der Waals surface area contributed by atoms with E-state index in [0.717, 1.165) is 34.6 Å². The van der Waals surface area contributed by atoms with E-state index in [1.54, 1.807) is 0 Å². The first kappa shape index (κ1) is 18.3. The van der Waals surface area contributed by atoms with Gasteiger partial charge in [-0.1, -0.05) is 17.7 Å². The normalized spacial score (nSPS) is 28.9. The highest BCUT2D eigenvalue weighted by Gasteiger charge is 2.32. The summed E-state index contributed by atoms with van der Waals surface area (Å²) < 4.78 is 0. The van der Waals surface area contributed by atoms with Crippen LogP contribution < -0.4 is 5.32 Å². The minimum atomic E-state index is 0.582. The number of aromatic nitrogens is 2. The highest BCUT2D eigenvalue weighted by Crippen LogP contribution is 2.38. The Balaban J connectivity index is 1.25. The molecule has 1 aliphatic carbocycles. The first-order valence-corrected chi connectivity index (χ1v) is 11.1. The third kappa shape index (κ3) is 3.48. The Morgan fingerprint density at radius 2 is 2.00 bits per heavy atom. The molecule has 0 spiro atoms. The van der Waals surface area contributed by atoms with Crippen molar-refractivity contribution in [2.45, 2.75) is 44.6 Å². The smallest absolute Gasteiger partial charge is 0.137 e. The standard InChI is InChI=1S/C23H29ClN4/c24-22-13-17(21-15-27-23-20(21)4-2-11-26-23)9-12-28(22)19-7-5-16(6-8-19)18-3-1-10-25-14-18/h2,4,9,11,13,15-16,18-19,25H,1,3,5-8,10,12,14H2,(H,26,27). The van der Waals surface area contributed by atoms with Crippen LogP contribution in [0.4, 0.5) is 0 Å². The van der Waals surface area contributed by atoms with Crippen molar-refractivity contribution in [3.63, 3.8) is 0 Å². The number of rotatable bonds is 3. The summed E-state index contributed by atoms with van der Waals surface area (Å²) in [6.45, 7) is 3.34. The van der Waals surface area contributed by atoms with Crippen molar-refractivity contribution >= 4 is 28.2 Å². The van der Waals surface area contributed by atoms with Crippen molar-refractivity contribution in [2.24, 2.45) is 11.8 Å². The van der Waals surface area contributed by atoms with Crippen LogP contribution in [0.5, 0.6) is 0 Å². The molecule has 1 saturated carbocycles. The SMILES string of the molecule is ClC1=CC(c2c[nH]c3ncccc23)=CCN1C1CCC(C2CCCNC2)CC1. The van der Waals surface area contributed by atoms with Crippen LogP contribution in [0.25, 0.3) is 16.6 Å². The second-order valence-corrected chi connectivity index (χ2v) is 8.94. The van der Waals surface area contributed by atoms with Gasteiger partial charge in [-0.05, 0) is 87.2 Å². The summed E-state index contributed by atoms with van der Waals surface area (Å²) in [4.78, 5) is 10.1. The molecule has 2 fully saturated rings. The number of hydrogen-bond acceptors (Lipinski definition) is 3. The lowest BCUT2D eigenvalue weighted by molar-refractivity contribution is 0.144. The van der Waals surface area contributed by atoms with E-state index in [1.807, 2.05) is 18.5 Å². The highest BCUT2D eigenvalue weighted by molar-refractivity contribution is 6.30. The first-order valence-electron chi connectivity index (χ1n) is 10.8. The van der Waals surface area contributed by atoms with Crippen molar-refractivity contribution in [1.29, 1.82) is 0 Å². The van der Waals surface area contributed by atoms with Crippen LogP contribution in [-0.4, -0.2) is 40.5 Å². The minimum absolute atomic E-state index is 0.582. The van der Waals surface area contributed by atoms with Gasteiger partial charge < -0.3 is 15.2 Å². The third-order valence-electron chi connectivity index (χ3n) is 7.00. The Bertz CT molecular complexity index is 885. The van der Waals surface area contributed by atoms with Gasteiger partial charge in [-0.25, -0.2) is 4.98 Å². The van der Waals surface area contributed by atoms with Gasteiger partial charge in [0, 0.05) is 35.9 Å². The van der Waals surface area contributed by atoms with E-state index in [2.05, 4.69) is 38.4 Å². The fourth-order valence-corrected chi connectivity index (χ4v) is 5.75. The van der Waals surface area contributed by atoms with E-state index in [1.165, 1.54) is 62.8 Å². The number of allylic oxidation sites excluding steroid dienone is 2. The zero-order valence-electron chi connectivity index (χ0n) is 16.3. The molecule has 1 saturated heterocycles. The summed E-state index contributed by atoms with van der Waals surface area (Å²) in [5.41, 5.74) is 3.32. The van der Waals surface area contributed by atoms with Crippen LogP contribution in [0.1, 0.15) is 44.1 Å². The maximum absolute atomic E-state index is 6.77. The molecule has 148 valence electrons. The summed E-state index contributed by atoms with van der Waals surface area (Å²) in [5, 5.41) is 5.63. The molecule has 4 nitrogen and oxygen atoms in total. The zero-order chi connectivity index (χ0) is 18.9. The Kier molecular flexibility index (Phi) is 5.17. The molecule has 4 heterocycles. The Labute approximate surface area is 172 Å². The van der Waals surface area contributed by atoms with Gasteiger partial charge in [-0.15, -0.1) is 0 Å². The lowest BCUT2D eigenvalue weighted by Crippen LogP contribution is -2.41. The van der Waals surface area contributed by atoms with Crippen molar-refractivity contribution in [3.8, 4) is 0 Å². The number of H-pyrrole nitrogens is 1. The molecule has 3 aliphatic rings. The van der Waals surface area contributed by atoms with Crippen LogP contribution in [0.3, 0.4) is 0 Å². The molecular formula is C23H29ClN4. The van der Waals surface area contributed by atoms with Crippen LogP contribution in [-0.2, 0) is 0 Å². The fraction of sp³-hybridized carbons (Fsp3) is 0.522. The third-order valence-corrected chi connectivity index (χ3v) is 7.33. The van der Waals surface area contributed by atoms with E-state index < -0.39 is 0 Å². The van der Waals surface area contributed by atoms with Gasteiger partial charge in [0.1, 0.15) is 10.8 Å². The molecule has 0 amide bonds. The maximum Gasteiger partial charge on any atom is 0.137 e. The number of pyridine rings is 1. The van der Waals surface area contributed by atoms with Gasteiger partial charge >= 0.3 is 0 Å². The summed E-state index contributed by atoms with van der Waals surface area (Å²) in [5.74, 6) is 1.80. The monoisotopic (exact) mass is 396 g/mol. The quantitative estimate of drug-likeness (QED) is 0.725. The lowest BCUT2D eigenvalue weighted by atomic mass is 9.75. The predicted octanol–water partition coefficient (Wildman–Crippen LogP) is 4.90. The molecule has 1 atom stereocenters. The van der Waals surface area contributed by atoms with Gasteiger partial charge in [-0.2, -0.15) is 0 Å². The van der Waals surface area contributed by atoms with Crippen molar-refractivity contribution in [1.82, 2.24) is 20.2 Å². The van der Waals surface area contributed by atoms with Crippen LogP contribution in [0.2, 0.25) is 0 Å². The second-order valence-electron chi connectivity index (χ2n) is 8.56. The summed E-state index contributed by atoms with van der Waals surface area (Å²) >= 11 is 6.77. The molecule has 2 N–H and O–H groups in total. The van der Waals surface area contributed by atoms with Crippen LogP contribution in [0, 0.1) is 11.8 Å². The van der Waals surface area contributed by atoms with E-state index in [0.29, 0.717) is 6.04 Å². The number of fused-ring (bicyclic) bond motifs is 1. The zero-order valence-corrected chi connectivity index (χ0v) is 17.1. The molecule has 28 heavy (non-hydrogen) atoms. The number of aromatic amines is 1. The number of piperidine rings is 1. The lowest BCUT2D eigenvalue weighted by Gasteiger charge is -2.41. The van der Waals surface area contributed by atoms with Gasteiger partial charge in [0.25, 0.3) is 0 Å². The van der Waals surface area contributed by atoms with E-state index >= 15 is 0 Å². The molecule has 2 aliphatic heterocycles. The first-order chi connectivity index (χ1) is 13.8. The van der Waals surface area contributed by atoms with Crippen LogP contribution in [0.15, 0.2) is 41.8 Å². The number of halogens is 1. The predicted molar refractivity (Wildman–Crippen MR) is 116 cm³/mol. The Morgan fingerprint density at radius 3 is 2.79 bits per heavy atom. The second kappa shape index (κ2) is 7.92. The molecule has 2 aromatic rings. The molecule has 1 unspecified atom stereocenters. The summed E-state index contributed by atoms with van der Waals surface area (Å²) in [6.07, 6.45) is 16.3. The van der Waals surface area contributed by atoms with Crippen molar-refractivity contribution in [2.75, 3.05) is 19.6 Å². The summed E-state index contributed by atoms with van der Waals surface area (Å²) in [6, 6.07) is 4.69. The van der Waals surface area contributed by atoms with Gasteiger partial charge in [0.2, 0.25) is 0 Å². The van der Waals surface area contributed by atoms with Gasteiger partial charge in [-0.3, -0.25) is 0 Å². The molecule has 2 aromatic heterocycles. The Morgan fingerprint density at radius 1 is 1.11 bits per heavy atom. The fourth-order valence-electron chi connectivity index (χ4n) is 5.43. The largest absolute Gasteiger partial charge is 0.356 e. The molecule has 5 rings (SSSR count). The van der Waals surface area contributed by atoms with E-state index in [4.69, 9.17) is 11.6 Å². The van der Waals surface area contributed by atoms with Gasteiger partial charge in [0.05, 0.1) is 0 Å². The van der Waals surface area contributed by atoms with Crippen LogP contribution >= 0.6 is 11.6 Å². The van der Waals surface area contributed by atoms with Crippen molar-refractivity contribution < 1.29 is 0 Å². The van der Waals surface area contributed by atoms with E-state index in [9.17, 15) is 0 Å². The average molecular weight is 397 g/mol.